The highest BCUT2D eigenvalue weighted by Gasteiger charge is 2.22. The van der Waals surface area contributed by atoms with Gasteiger partial charge < -0.3 is 8.83 Å². The Kier molecular flexibility index (Phi) is 5.31. The summed E-state index contributed by atoms with van der Waals surface area (Å²) in [6.45, 7) is 0. The molecule has 214 valence electrons. The van der Waals surface area contributed by atoms with Gasteiger partial charge in [-0.15, -0.1) is 0 Å². The van der Waals surface area contributed by atoms with Crippen molar-refractivity contribution in [1.82, 2.24) is 0 Å². The highest BCUT2D eigenvalue weighted by atomic mass is 16.3. The summed E-state index contributed by atoms with van der Waals surface area (Å²) < 4.78 is 12.8. The SMILES string of the molecule is c1ccc(-c2coc3c2ccc2cccc(-c4c5ccccc5c(-c5cccc6oc7ccccc7c56)c5ccccc45)c23)cc1. The van der Waals surface area contributed by atoms with Gasteiger partial charge in [0.1, 0.15) is 16.7 Å². The number of benzene rings is 8. The van der Waals surface area contributed by atoms with Crippen molar-refractivity contribution in [3.05, 3.63) is 158 Å². The van der Waals surface area contributed by atoms with Crippen molar-refractivity contribution in [2.45, 2.75) is 0 Å². The Balaban J connectivity index is 1.34. The van der Waals surface area contributed by atoms with Gasteiger partial charge in [0, 0.05) is 27.1 Å². The minimum Gasteiger partial charge on any atom is -0.463 e. The van der Waals surface area contributed by atoms with E-state index in [0.717, 1.165) is 54.8 Å². The van der Waals surface area contributed by atoms with E-state index in [0.29, 0.717) is 0 Å². The van der Waals surface area contributed by atoms with Crippen LogP contribution in [0.5, 0.6) is 0 Å². The Morgan fingerprint density at radius 3 is 1.61 bits per heavy atom. The molecule has 2 nitrogen and oxygen atoms in total. The monoisotopic (exact) mass is 586 g/mol. The van der Waals surface area contributed by atoms with E-state index in [-0.39, 0.29) is 0 Å². The zero-order valence-electron chi connectivity index (χ0n) is 24.8. The molecule has 2 aromatic heterocycles. The van der Waals surface area contributed by atoms with E-state index < -0.39 is 0 Å². The van der Waals surface area contributed by atoms with Crippen LogP contribution in [-0.4, -0.2) is 0 Å². The Labute approximate surface area is 264 Å². The van der Waals surface area contributed by atoms with E-state index >= 15 is 0 Å². The molecule has 0 aliphatic rings. The van der Waals surface area contributed by atoms with E-state index in [1.165, 1.54) is 43.8 Å². The molecule has 0 unspecified atom stereocenters. The Bertz CT molecular complexity index is 2740. The van der Waals surface area contributed by atoms with Gasteiger partial charge in [-0.05, 0) is 72.9 Å². The van der Waals surface area contributed by atoms with Crippen LogP contribution >= 0.6 is 0 Å². The van der Waals surface area contributed by atoms with Crippen LogP contribution in [0, 0.1) is 0 Å². The van der Waals surface area contributed by atoms with Crippen LogP contribution in [-0.2, 0) is 0 Å². The van der Waals surface area contributed by atoms with E-state index in [9.17, 15) is 0 Å². The maximum absolute atomic E-state index is 6.47. The summed E-state index contributed by atoms with van der Waals surface area (Å²) in [5.74, 6) is 0. The van der Waals surface area contributed by atoms with Crippen LogP contribution in [0.3, 0.4) is 0 Å². The van der Waals surface area contributed by atoms with Crippen molar-refractivity contribution in [3.63, 3.8) is 0 Å². The third-order valence-electron chi connectivity index (χ3n) is 9.54. The molecule has 0 N–H and O–H groups in total. The Morgan fingerprint density at radius 1 is 0.348 bits per heavy atom. The standard InChI is InChI=1S/C44H26O2/c1-2-12-27(13-3-1)37-26-45-44-33(37)25-24-28-14-10-20-35(40(28)44)41-29-15-4-6-17-31(29)42(32-18-7-5-16-30(32)41)36-21-11-23-39-43(36)34-19-8-9-22-38(34)46-39/h1-26H. The van der Waals surface area contributed by atoms with Crippen molar-refractivity contribution < 1.29 is 8.83 Å². The summed E-state index contributed by atoms with van der Waals surface area (Å²) in [4.78, 5) is 0. The van der Waals surface area contributed by atoms with Crippen LogP contribution in [0.4, 0.5) is 0 Å². The fourth-order valence-corrected chi connectivity index (χ4v) is 7.60. The number of hydrogen-bond acceptors (Lipinski definition) is 2. The van der Waals surface area contributed by atoms with Crippen molar-refractivity contribution >= 4 is 65.2 Å². The molecule has 0 radical (unpaired) electrons. The second-order valence-corrected chi connectivity index (χ2v) is 12.0. The highest BCUT2D eigenvalue weighted by molar-refractivity contribution is 6.28. The average molecular weight is 587 g/mol. The predicted octanol–water partition coefficient (Wildman–Crippen LogP) is 12.8. The third-order valence-corrected chi connectivity index (χ3v) is 9.54. The van der Waals surface area contributed by atoms with Crippen molar-refractivity contribution in [2.24, 2.45) is 0 Å². The first kappa shape index (κ1) is 25.2. The number of rotatable bonds is 3. The van der Waals surface area contributed by atoms with Crippen molar-refractivity contribution in [2.75, 3.05) is 0 Å². The third kappa shape index (κ3) is 3.53. The molecule has 0 bridgehead atoms. The smallest absolute Gasteiger partial charge is 0.142 e. The quantitative estimate of drug-likeness (QED) is 0.193. The highest BCUT2D eigenvalue weighted by Crippen LogP contribution is 2.49. The molecule has 10 aromatic rings. The lowest BCUT2D eigenvalue weighted by Crippen LogP contribution is -1.92. The van der Waals surface area contributed by atoms with Gasteiger partial charge in [-0.25, -0.2) is 0 Å². The molecule has 0 saturated carbocycles. The number of para-hydroxylation sites is 1. The summed E-state index contributed by atoms with van der Waals surface area (Å²) >= 11 is 0. The Hall–Kier alpha value is -6.12. The zero-order valence-corrected chi connectivity index (χ0v) is 24.8. The summed E-state index contributed by atoms with van der Waals surface area (Å²) in [6.07, 6.45) is 1.91. The minimum atomic E-state index is 0.902. The molecule has 2 heteroatoms. The number of fused-ring (bicyclic) bond motifs is 8. The van der Waals surface area contributed by atoms with Gasteiger partial charge >= 0.3 is 0 Å². The fraction of sp³-hybridized carbons (Fsp3) is 0. The lowest BCUT2D eigenvalue weighted by molar-refractivity contribution is 0.620. The van der Waals surface area contributed by atoms with Crippen molar-refractivity contribution in [1.29, 1.82) is 0 Å². The van der Waals surface area contributed by atoms with Crippen LogP contribution in [0.2, 0.25) is 0 Å². The molecule has 0 spiro atoms. The lowest BCUT2D eigenvalue weighted by Gasteiger charge is -2.19. The van der Waals surface area contributed by atoms with Crippen LogP contribution in [0.15, 0.2) is 167 Å². The van der Waals surface area contributed by atoms with Gasteiger partial charge in [-0.2, -0.15) is 0 Å². The molecule has 0 atom stereocenters. The van der Waals surface area contributed by atoms with Gasteiger partial charge in [0.2, 0.25) is 0 Å². The van der Waals surface area contributed by atoms with Crippen LogP contribution < -0.4 is 0 Å². The normalized spacial score (nSPS) is 11.9. The molecule has 0 aliphatic heterocycles. The topological polar surface area (TPSA) is 26.3 Å². The zero-order chi connectivity index (χ0) is 30.2. The number of furan rings is 2. The van der Waals surface area contributed by atoms with E-state index in [1.807, 2.05) is 12.3 Å². The molecule has 0 fully saturated rings. The molecule has 2 heterocycles. The van der Waals surface area contributed by atoms with Crippen LogP contribution in [0.1, 0.15) is 0 Å². The van der Waals surface area contributed by atoms with Gasteiger partial charge in [0.25, 0.3) is 0 Å². The molecular formula is C44H26O2. The average Bonchev–Trinajstić information content (AvgIpc) is 3.73. The molecule has 8 aromatic carbocycles. The molecule has 0 saturated heterocycles. The Morgan fingerprint density at radius 2 is 0.913 bits per heavy atom. The fourth-order valence-electron chi connectivity index (χ4n) is 7.60. The minimum absolute atomic E-state index is 0.902. The first-order valence-electron chi connectivity index (χ1n) is 15.7. The summed E-state index contributed by atoms with van der Waals surface area (Å²) in [6, 6.07) is 54.0. The first-order valence-corrected chi connectivity index (χ1v) is 15.7. The largest absolute Gasteiger partial charge is 0.463 e. The van der Waals surface area contributed by atoms with Gasteiger partial charge in [-0.1, -0.05) is 133 Å². The second-order valence-electron chi connectivity index (χ2n) is 12.0. The van der Waals surface area contributed by atoms with Gasteiger partial charge in [-0.3, -0.25) is 0 Å². The molecule has 0 aliphatic carbocycles. The molecule has 0 amide bonds. The second kappa shape index (κ2) is 9.69. The molecular weight excluding hydrogens is 560 g/mol. The molecule has 10 rings (SSSR count). The van der Waals surface area contributed by atoms with E-state index in [1.54, 1.807) is 0 Å². The lowest BCUT2D eigenvalue weighted by atomic mass is 9.83. The predicted molar refractivity (Wildman–Crippen MR) is 192 cm³/mol. The maximum Gasteiger partial charge on any atom is 0.142 e. The molecule has 46 heavy (non-hydrogen) atoms. The van der Waals surface area contributed by atoms with Crippen LogP contribution in [0.25, 0.3) is 98.6 Å². The van der Waals surface area contributed by atoms with Gasteiger partial charge in [0.15, 0.2) is 0 Å². The summed E-state index contributed by atoms with van der Waals surface area (Å²) in [5, 5.41) is 10.5. The maximum atomic E-state index is 6.47. The summed E-state index contributed by atoms with van der Waals surface area (Å²) in [5.41, 5.74) is 9.78. The first-order chi connectivity index (χ1) is 22.8. The van der Waals surface area contributed by atoms with E-state index in [2.05, 4.69) is 146 Å². The van der Waals surface area contributed by atoms with Gasteiger partial charge in [0.05, 0.1) is 6.26 Å². The van der Waals surface area contributed by atoms with Crippen molar-refractivity contribution in [3.8, 4) is 33.4 Å². The number of hydrogen-bond donors (Lipinski definition) is 0. The summed E-state index contributed by atoms with van der Waals surface area (Å²) in [7, 11) is 0. The van der Waals surface area contributed by atoms with E-state index in [4.69, 9.17) is 8.83 Å².